The molecule has 0 amide bonds. The molecule has 1 aromatic heterocycles. The molecule has 0 fully saturated rings. The monoisotopic (exact) mass is 276 g/mol. The van der Waals surface area contributed by atoms with Crippen LogP contribution < -0.4 is 5.32 Å². The maximum absolute atomic E-state index is 4.35. The van der Waals surface area contributed by atoms with E-state index in [1.165, 1.54) is 25.7 Å². The Kier molecular flexibility index (Phi) is 8.52. The molecule has 0 spiro atoms. The first kappa shape index (κ1) is 17.2. The minimum absolute atomic E-state index is 0.755. The summed E-state index contributed by atoms with van der Waals surface area (Å²) >= 11 is 0. The molecule has 0 saturated carbocycles. The topological polar surface area (TPSA) is 24.9 Å². The lowest BCUT2D eigenvalue weighted by atomic mass is 9.89. The smallest absolute Gasteiger partial charge is 0.0541 e. The second kappa shape index (κ2) is 9.93. The molecule has 0 aromatic carbocycles. The van der Waals surface area contributed by atoms with Gasteiger partial charge in [-0.15, -0.1) is 0 Å². The summed E-state index contributed by atoms with van der Waals surface area (Å²) in [7, 11) is 0. The van der Waals surface area contributed by atoms with Gasteiger partial charge in [0, 0.05) is 12.7 Å². The first-order valence-corrected chi connectivity index (χ1v) is 8.20. The molecule has 1 aromatic rings. The van der Waals surface area contributed by atoms with Crippen LogP contribution in [-0.2, 0) is 6.54 Å². The number of nitrogens with one attached hydrogen (secondary N) is 1. The summed E-state index contributed by atoms with van der Waals surface area (Å²) < 4.78 is 0. The highest BCUT2D eigenvalue weighted by Crippen LogP contribution is 2.19. The van der Waals surface area contributed by atoms with Gasteiger partial charge in [0.05, 0.1) is 5.69 Å². The van der Waals surface area contributed by atoms with E-state index in [-0.39, 0.29) is 0 Å². The fourth-order valence-electron chi connectivity index (χ4n) is 2.52. The van der Waals surface area contributed by atoms with E-state index in [2.05, 4.69) is 50.1 Å². The van der Waals surface area contributed by atoms with Gasteiger partial charge in [0.1, 0.15) is 0 Å². The molecule has 2 nitrogen and oxygen atoms in total. The Bertz CT molecular complexity index is 333. The van der Waals surface area contributed by atoms with E-state index in [1.54, 1.807) is 0 Å². The molecular formula is C18H32N2. The van der Waals surface area contributed by atoms with Gasteiger partial charge < -0.3 is 5.32 Å². The van der Waals surface area contributed by atoms with E-state index in [0.29, 0.717) is 0 Å². The standard InChI is InChI=1S/C18H32N2/c1-15(2)9-5-6-10-17(16(3)4)13-19-14-18-11-7-8-12-20-18/h7-8,11-12,15-17,19H,5-6,9-10,13-14H2,1-4H3. The molecule has 0 radical (unpaired) electrons. The minimum Gasteiger partial charge on any atom is -0.311 e. The SMILES string of the molecule is CC(C)CCCCC(CNCc1ccccn1)C(C)C. The molecule has 20 heavy (non-hydrogen) atoms. The maximum Gasteiger partial charge on any atom is 0.0541 e. The molecule has 114 valence electrons. The van der Waals surface area contributed by atoms with Crippen LogP contribution in [0.3, 0.4) is 0 Å². The first-order chi connectivity index (χ1) is 9.59. The Morgan fingerprint density at radius 3 is 2.40 bits per heavy atom. The Hall–Kier alpha value is -0.890. The first-order valence-electron chi connectivity index (χ1n) is 8.20. The second-order valence-electron chi connectivity index (χ2n) is 6.63. The lowest BCUT2D eigenvalue weighted by Crippen LogP contribution is -2.26. The molecule has 0 aliphatic heterocycles. The van der Waals surface area contributed by atoms with E-state index in [1.807, 2.05) is 12.3 Å². The number of nitrogens with zero attached hydrogens (tertiary/aromatic N) is 1. The van der Waals surface area contributed by atoms with Crippen molar-refractivity contribution in [1.29, 1.82) is 0 Å². The average Bonchev–Trinajstić information content (AvgIpc) is 2.42. The quantitative estimate of drug-likeness (QED) is 0.629. The zero-order valence-corrected chi connectivity index (χ0v) is 13.7. The van der Waals surface area contributed by atoms with Crippen molar-refractivity contribution in [1.82, 2.24) is 10.3 Å². The molecular weight excluding hydrogens is 244 g/mol. The number of rotatable bonds is 10. The molecule has 1 atom stereocenters. The lowest BCUT2D eigenvalue weighted by Gasteiger charge is -2.21. The fourth-order valence-corrected chi connectivity index (χ4v) is 2.52. The zero-order chi connectivity index (χ0) is 14.8. The van der Waals surface area contributed by atoms with Gasteiger partial charge in [0.15, 0.2) is 0 Å². The molecule has 0 bridgehead atoms. The van der Waals surface area contributed by atoms with Gasteiger partial charge in [-0.1, -0.05) is 53.0 Å². The van der Waals surface area contributed by atoms with Crippen LogP contribution in [0.15, 0.2) is 24.4 Å². The zero-order valence-electron chi connectivity index (χ0n) is 13.7. The third-order valence-corrected chi connectivity index (χ3v) is 3.99. The highest BCUT2D eigenvalue weighted by molar-refractivity contribution is 5.02. The number of hydrogen-bond donors (Lipinski definition) is 1. The number of hydrogen-bond acceptors (Lipinski definition) is 2. The number of unbranched alkanes of at least 4 members (excludes halogenated alkanes) is 1. The van der Waals surface area contributed by atoms with Crippen LogP contribution in [0.2, 0.25) is 0 Å². The largest absolute Gasteiger partial charge is 0.311 e. The van der Waals surface area contributed by atoms with Crippen molar-refractivity contribution in [3.8, 4) is 0 Å². The molecule has 2 heteroatoms. The van der Waals surface area contributed by atoms with E-state index in [0.717, 1.165) is 36.5 Å². The van der Waals surface area contributed by atoms with Crippen LogP contribution in [0.4, 0.5) is 0 Å². The average molecular weight is 276 g/mol. The number of aromatic nitrogens is 1. The Morgan fingerprint density at radius 1 is 1.05 bits per heavy atom. The Morgan fingerprint density at radius 2 is 1.80 bits per heavy atom. The van der Waals surface area contributed by atoms with Gasteiger partial charge >= 0.3 is 0 Å². The Labute approximate surface area is 125 Å². The summed E-state index contributed by atoms with van der Waals surface area (Å²) in [5.41, 5.74) is 1.13. The predicted molar refractivity (Wildman–Crippen MR) is 87.6 cm³/mol. The Balaban J connectivity index is 2.21. The summed E-state index contributed by atoms with van der Waals surface area (Å²) in [6.45, 7) is 11.3. The molecule has 0 aliphatic rings. The van der Waals surface area contributed by atoms with Crippen molar-refractivity contribution in [2.45, 2.75) is 59.9 Å². The molecule has 1 rings (SSSR count). The fraction of sp³-hybridized carbons (Fsp3) is 0.722. The van der Waals surface area contributed by atoms with Crippen molar-refractivity contribution in [2.24, 2.45) is 17.8 Å². The lowest BCUT2D eigenvalue weighted by molar-refractivity contribution is 0.325. The second-order valence-corrected chi connectivity index (χ2v) is 6.63. The predicted octanol–water partition coefficient (Wildman–Crippen LogP) is 4.66. The van der Waals surface area contributed by atoms with Crippen molar-refractivity contribution in [3.05, 3.63) is 30.1 Å². The van der Waals surface area contributed by atoms with Crippen LogP contribution in [-0.4, -0.2) is 11.5 Å². The van der Waals surface area contributed by atoms with Crippen molar-refractivity contribution in [2.75, 3.05) is 6.54 Å². The minimum atomic E-state index is 0.755. The van der Waals surface area contributed by atoms with Gasteiger partial charge in [0.2, 0.25) is 0 Å². The highest BCUT2D eigenvalue weighted by Gasteiger charge is 2.12. The summed E-state index contributed by atoms with van der Waals surface area (Å²) in [4.78, 5) is 4.35. The molecule has 1 heterocycles. The van der Waals surface area contributed by atoms with Crippen LogP contribution >= 0.6 is 0 Å². The van der Waals surface area contributed by atoms with Crippen LogP contribution in [0.25, 0.3) is 0 Å². The normalized spacial score (nSPS) is 13.1. The van der Waals surface area contributed by atoms with Crippen molar-refractivity contribution < 1.29 is 0 Å². The van der Waals surface area contributed by atoms with Crippen molar-refractivity contribution in [3.63, 3.8) is 0 Å². The van der Waals surface area contributed by atoms with Crippen LogP contribution in [0.5, 0.6) is 0 Å². The van der Waals surface area contributed by atoms with Gasteiger partial charge in [-0.05, 0) is 42.9 Å². The number of pyridine rings is 1. The molecule has 1 N–H and O–H groups in total. The van der Waals surface area contributed by atoms with Crippen LogP contribution in [0.1, 0.15) is 59.1 Å². The van der Waals surface area contributed by atoms with Gasteiger partial charge in [-0.25, -0.2) is 0 Å². The van der Waals surface area contributed by atoms with E-state index < -0.39 is 0 Å². The van der Waals surface area contributed by atoms with Crippen molar-refractivity contribution >= 4 is 0 Å². The van der Waals surface area contributed by atoms with E-state index in [4.69, 9.17) is 0 Å². The van der Waals surface area contributed by atoms with E-state index >= 15 is 0 Å². The molecule has 1 unspecified atom stereocenters. The van der Waals surface area contributed by atoms with Gasteiger partial charge in [-0.3, -0.25) is 4.98 Å². The summed E-state index contributed by atoms with van der Waals surface area (Å²) in [5, 5.41) is 3.57. The van der Waals surface area contributed by atoms with Crippen LogP contribution in [0, 0.1) is 17.8 Å². The molecule has 0 aliphatic carbocycles. The summed E-state index contributed by atoms with van der Waals surface area (Å²) in [5.74, 6) is 2.38. The third kappa shape index (κ3) is 7.64. The van der Waals surface area contributed by atoms with Gasteiger partial charge in [-0.2, -0.15) is 0 Å². The summed E-state index contributed by atoms with van der Waals surface area (Å²) in [6.07, 6.45) is 7.32. The van der Waals surface area contributed by atoms with Gasteiger partial charge in [0.25, 0.3) is 0 Å². The maximum atomic E-state index is 4.35. The summed E-state index contributed by atoms with van der Waals surface area (Å²) in [6, 6.07) is 6.10. The van der Waals surface area contributed by atoms with E-state index in [9.17, 15) is 0 Å². The third-order valence-electron chi connectivity index (χ3n) is 3.99. The molecule has 0 saturated heterocycles. The highest BCUT2D eigenvalue weighted by atomic mass is 14.9.